The second-order valence-electron chi connectivity index (χ2n) is 4.50. The molecule has 1 aromatic carbocycles. The smallest absolute Gasteiger partial charge is 0.228 e. The summed E-state index contributed by atoms with van der Waals surface area (Å²) in [5, 5.41) is 9.85. The molecule has 0 unspecified atom stereocenters. The van der Waals surface area contributed by atoms with Crippen LogP contribution in [0.4, 0.5) is 5.69 Å². The summed E-state index contributed by atoms with van der Waals surface area (Å²) in [4.78, 5) is 11.9. The summed E-state index contributed by atoms with van der Waals surface area (Å²) < 4.78 is 0. The number of benzene rings is 1. The number of rotatable bonds is 3. The van der Waals surface area contributed by atoms with Crippen molar-refractivity contribution in [1.82, 2.24) is 10.2 Å². The summed E-state index contributed by atoms with van der Waals surface area (Å²) in [5.74, 6) is -0.0218. The Balaban J connectivity index is 2.03. The van der Waals surface area contributed by atoms with E-state index in [1.165, 1.54) is 5.56 Å². The molecule has 2 rings (SSSR count). The highest BCUT2D eigenvalue weighted by molar-refractivity contribution is 5.92. The van der Waals surface area contributed by atoms with E-state index >= 15 is 0 Å². The highest BCUT2D eigenvalue weighted by Gasteiger charge is 2.11. The zero-order chi connectivity index (χ0) is 13.1. The van der Waals surface area contributed by atoms with Crippen LogP contribution in [-0.4, -0.2) is 16.1 Å². The molecule has 1 heterocycles. The Kier molecular flexibility index (Phi) is 3.46. The van der Waals surface area contributed by atoms with Crippen molar-refractivity contribution in [3.8, 4) is 0 Å². The molecule has 0 aliphatic heterocycles. The molecular formula is C14H17N3O. The van der Waals surface area contributed by atoms with Gasteiger partial charge in [-0.2, -0.15) is 5.10 Å². The van der Waals surface area contributed by atoms with Crippen LogP contribution in [-0.2, 0) is 11.2 Å². The fourth-order valence-corrected chi connectivity index (χ4v) is 1.84. The van der Waals surface area contributed by atoms with Gasteiger partial charge < -0.3 is 5.32 Å². The molecule has 4 nitrogen and oxygen atoms in total. The van der Waals surface area contributed by atoms with E-state index in [4.69, 9.17) is 0 Å². The Bertz CT molecular complexity index is 535. The van der Waals surface area contributed by atoms with Crippen molar-refractivity contribution in [1.29, 1.82) is 0 Å². The van der Waals surface area contributed by atoms with Crippen molar-refractivity contribution >= 4 is 11.6 Å². The highest BCUT2D eigenvalue weighted by Crippen LogP contribution is 2.13. The Labute approximate surface area is 106 Å². The molecule has 0 bridgehead atoms. The van der Waals surface area contributed by atoms with Crippen LogP contribution in [0.3, 0.4) is 0 Å². The van der Waals surface area contributed by atoms with Gasteiger partial charge in [0.2, 0.25) is 5.91 Å². The maximum Gasteiger partial charge on any atom is 0.228 e. The SMILES string of the molecule is Cc1ccc(NC(=O)Cc2c(C)n[nH]c2C)cc1. The predicted octanol–water partition coefficient (Wildman–Crippen LogP) is 2.52. The van der Waals surface area contributed by atoms with Gasteiger partial charge in [-0.25, -0.2) is 0 Å². The van der Waals surface area contributed by atoms with Crippen LogP contribution >= 0.6 is 0 Å². The van der Waals surface area contributed by atoms with Crippen LogP contribution in [0.25, 0.3) is 0 Å². The first-order valence-corrected chi connectivity index (χ1v) is 5.93. The average Bonchev–Trinajstić information content (AvgIpc) is 2.64. The van der Waals surface area contributed by atoms with Gasteiger partial charge in [0.15, 0.2) is 0 Å². The van der Waals surface area contributed by atoms with Crippen LogP contribution in [0.5, 0.6) is 0 Å². The maximum atomic E-state index is 11.9. The van der Waals surface area contributed by atoms with Gasteiger partial charge in [0.1, 0.15) is 0 Å². The lowest BCUT2D eigenvalue weighted by Gasteiger charge is -2.05. The molecule has 0 fully saturated rings. The molecule has 94 valence electrons. The van der Waals surface area contributed by atoms with Crippen LogP contribution < -0.4 is 5.32 Å². The van der Waals surface area contributed by atoms with Gasteiger partial charge in [-0.3, -0.25) is 9.89 Å². The van der Waals surface area contributed by atoms with E-state index in [1.807, 2.05) is 45.0 Å². The van der Waals surface area contributed by atoms with Crippen LogP contribution in [0.15, 0.2) is 24.3 Å². The van der Waals surface area contributed by atoms with E-state index in [-0.39, 0.29) is 5.91 Å². The van der Waals surface area contributed by atoms with Crippen molar-refractivity contribution in [3.05, 3.63) is 46.8 Å². The minimum atomic E-state index is -0.0218. The minimum Gasteiger partial charge on any atom is -0.326 e. The number of amides is 1. The van der Waals surface area contributed by atoms with Gasteiger partial charge in [-0.15, -0.1) is 0 Å². The zero-order valence-corrected chi connectivity index (χ0v) is 10.9. The number of nitrogens with zero attached hydrogens (tertiary/aromatic N) is 1. The first-order valence-electron chi connectivity index (χ1n) is 5.93. The summed E-state index contributed by atoms with van der Waals surface area (Å²) in [6.45, 7) is 5.84. The Morgan fingerprint density at radius 3 is 2.44 bits per heavy atom. The standard InChI is InChI=1S/C14H17N3O/c1-9-4-6-12(7-5-9)15-14(18)8-13-10(2)16-17-11(13)3/h4-7H,8H2,1-3H3,(H,15,18)(H,16,17). The van der Waals surface area contributed by atoms with Gasteiger partial charge in [0, 0.05) is 16.9 Å². The second-order valence-corrected chi connectivity index (χ2v) is 4.50. The molecule has 1 amide bonds. The molecule has 2 N–H and O–H groups in total. The number of aromatic amines is 1. The normalized spacial score (nSPS) is 10.4. The average molecular weight is 243 g/mol. The number of aryl methyl sites for hydroxylation is 3. The fraction of sp³-hybridized carbons (Fsp3) is 0.286. The van der Waals surface area contributed by atoms with Crippen molar-refractivity contribution in [3.63, 3.8) is 0 Å². The third-order valence-corrected chi connectivity index (χ3v) is 2.95. The van der Waals surface area contributed by atoms with E-state index in [9.17, 15) is 4.79 Å². The Hall–Kier alpha value is -2.10. The van der Waals surface area contributed by atoms with E-state index in [0.29, 0.717) is 6.42 Å². The van der Waals surface area contributed by atoms with E-state index < -0.39 is 0 Å². The largest absolute Gasteiger partial charge is 0.326 e. The number of carbonyl (C=O) groups excluding carboxylic acids is 1. The number of hydrogen-bond acceptors (Lipinski definition) is 2. The summed E-state index contributed by atoms with van der Waals surface area (Å²) in [7, 11) is 0. The number of H-pyrrole nitrogens is 1. The van der Waals surface area contributed by atoms with Gasteiger partial charge >= 0.3 is 0 Å². The van der Waals surface area contributed by atoms with Gasteiger partial charge in [0.25, 0.3) is 0 Å². The molecule has 0 aliphatic carbocycles. The van der Waals surface area contributed by atoms with Crippen molar-refractivity contribution < 1.29 is 4.79 Å². The van der Waals surface area contributed by atoms with E-state index in [1.54, 1.807) is 0 Å². The molecule has 0 spiro atoms. The quantitative estimate of drug-likeness (QED) is 0.870. The highest BCUT2D eigenvalue weighted by atomic mass is 16.1. The van der Waals surface area contributed by atoms with E-state index in [2.05, 4.69) is 15.5 Å². The lowest BCUT2D eigenvalue weighted by atomic mass is 10.1. The molecule has 0 saturated heterocycles. The monoisotopic (exact) mass is 243 g/mol. The Morgan fingerprint density at radius 2 is 1.89 bits per heavy atom. The molecule has 0 atom stereocenters. The maximum absolute atomic E-state index is 11.9. The minimum absolute atomic E-state index is 0.0218. The molecule has 0 aliphatic rings. The van der Waals surface area contributed by atoms with Crippen LogP contribution in [0, 0.1) is 20.8 Å². The first kappa shape index (κ1) is 12.4. The number of anilines is 1. The molecule has 1 aromatic heterocycles. The molecule has 18 heavy (non-hydrogen) atoms. The third-order valence-electron chi connectivity index (χ3n) is 2.95. The molecule has 2 aromatic rings. The summed E-state index contributed by atoms with van der Waals surface area (Å²) in [6.07, 6.45) is 0.349. The second kappa shape index (κ2) is 5.04. The third kappa shape index (κ3) is 2.77. The van der Waals surface area contributed by atoms with Crippen molar-refractivity contribution in [2.45, 2.75) is 27.2 Å². The number of carbonyl (C=O) groups is 1. The van der Waals surface area contributed by atoms with Gasteiger partial charge in [-0.05, 0) is 32.9 Å². The zero-order valence-electron chi connectivity index (χ0n) is 10.9. The number of nitrogens with one attached hydrogen (secondary N) is 2. The molecular weight excluding hydrogens is 226 g/mol. The molecule has 4 heteroatoms. The summed E-state index contributed by atoms with van der Waals surface area (Å²) >= 11 is 0. The predicted molar refractivity (Wildman–Crippen MR) is 71.6 cm³/mol. The molecule has 0 saturated carbocycles. The summed E-state index contributed by atoms with van der Waals surface area (Å²) in [5.41, 5.74) is 4.80. The fourth-order valence-electron chi connectivity index (χ4n) is 1.84. The molecule has 0 radical (unpaired) electrons. The van der Waals surface area contributed by atoms with Crippen LogP contribution in [0.2, 0.25) is 0 Å². The summed E-state index contributed by atoms with van der Waals surface area (Å²) in [6, 6.07) is 7.76. The number of aromatic nitrogens is 2. The first-order chi connectivity index (χ1) is 8.56. The Morgan fingerprint density at radius 1 is 1.22 bits per heavy atom. The van der Waals surface area contributed by atoms with Crippen molar-refractivity contribution in [2.24, 2.45) is 0 Å². The lowest BCUT2D eigenvalue weighted by Crippen LogP contribution is -2.15. The van der Waals surface area contributed by atoms with Crippen LogP contribution in [0.1, 0.15) is 22.5 Å². The van der Waals surface area contributed by atoms with Gasteiger partial charge in [-0.1, -0.05) is 17.7 Å². The number of hydrogen-bond donors (Lipinski definition) is 2. The van der Waals surface area contributed by atoms with Crippen molar-refractivity contribution in [2.75, 3.05) is 5.32 Å². The van der Waals surface area contributed by atoms with E-state index in [0.717, 1.165) is 22.6 Å². The lowest BCUT2D eigenvalue weighted by molar-refractivity contribution is -0.115. The van der Waals surface area contributed by atoms with Gasteiger partial charge in [0.05, 0.1) is 12.1 Å². The topological polar surface area (TPSA) is 57.8 Å².